The third kappa shape index (κ3) is 3.34. The van der Waals surface area contributed by atoms with Crippen molar-refractivity contribution in [1.82, 2.24) is 19.8 Å². The largest absolute Gasteiger partial charge is 0.377 e. The molecule has 4 amide bonds. The van der Waals surface area contributed by atoms with Gasteiger partial charge in [-0.25, -0.2) is 4.98 Å². The third-order valence-electron chi connectivity index (χ3n) is 6.61. The first-order chi connectivity index (χ1) is 16.5. The number of imide groups is 1. The number of nitrogens with one attached hydrogen (secondary N) is 2. The van der Waals surface area contributed by atoms with Gasteiger partial charge < -0.3 is 19.5 Å². The Morgan fingerprint density at radius 3 is 2.76 bits per heavy atom. The predicted octanol–water partition coefficient (Wildman–Crippen LogP) is 1.62. The van der Waals surface area contributed by atoms with Crippen LogP contribution in [-0.2, 0) is 20.9 Å². The van der Waals surface area contributed by atoms with Crippen LogP contribution >= 0.6 is 0 Å². The SMILES string of the molecule is O=C1CCC(N2Cc3cc(NC(=O)c4cnc5c(ccn5C5COC5)c4)ccc3C2=O)C(=O)N1. The minimum Gasteiger partial charge on any atom is -0.377 e. The van der Waals surface area contributed by atoms with Crippen LogP contribution in [0.2, 0.25) is 0 Å². The molecule has 1 aromatic carbocycles. The molecule has 0 saturated carbocycles. The van der Waals surface area contributed by atoms with E-state index in [4.69, 9.17) is 4.74 Å². The molecule has 1 unspecified atom stereocenters. The van der Waals surface area contributed by atoms with Crippen LogP contribution in [-0.4, -0.2) is 57.3 Å². The molecular formula is C24H21N5O5. The summed E-state index contributed by atoms with van der Waals surface area (Å²) in [6.07, 6.45) is 4.01. The number of amides is 4. The highest BCUT2D eigenvalue weighted by atomic mass is 16.5. The van der Waals surface area contributed by atoms with Gasteiger partial charge in [-0.05, 0) is 42.3 Å². The quantitative estimate of drug-likeness (QED) is 0.572. The summed E-state index contributed by atoms with van der Waals surface area (Å²) in [6.45, 7) is 1.57. The Kier molecular flexibility index (Phi) is 4.70. The predicted molar refractivity (Wildman–Crippen MR) is 120 cm³/mol. The molecule has 34 heavy (non-hydrogen) atoms. The molecule has 3 aliphatic heterocycles. The molecule has 5 heterocycles. The molecule has 6 rings (SSSR count). The van der Waals surface area contributed by atoms with Crippen LogP contribution in [0.15, 0.2) is 42.7 Å². The molecule has 2 aromatic heterocycles. The van der Waals surface area contributed by atoms with Crippen molar-refractivity contribution in [2.45, 2.75) is 31.5 Å². The van der Waals surface area contributed by atoms with E-state index in [1.807, 2.05) is 12.3 Å². The molecule has 0 aliphatic carbocycles. The van der Waals surface area contributed by atoms with Crippen molar-refractivity contribution in [3.8, 4) is 0 Å². The Bertz CT molecular complexity index is 1380. The van der Waals surface area contributed by atoms with Crippen LogP contribution in [0.3, 0.4) is 0 Å². The highest BCUT2D eigenvalue weighted by Gasteiger charge is 2.39. The fraction of sp³-hybridized carbons (Fsp3) is 0.292. The summed E-state index contributed by atoms with van der Waals surface area (Å²) in [4.78, 5) is 55.3. The van der Waals surface area contributed by atoms with E-state index < -0.39 is 11.9 Å². The van der Waals surface area contributed by atoms with Crippen LogP contribution in [0.1, 0.15) is 45.2 Å². The van der Waals surface area contributed by atoms with Crippen LogP contribution in [0.5, 0.6) is 0 Å². The second-order valence-electron chi connectivity index (χ2n) is 8.78. The summed E-state index contributed by atoms with van der Waals surface area (Å²) in [7, 11) is 0. The first-order valence-electron chi connectivity index (χ1n) is 11.1. The van der Waals surface area contributed by atoms with Gasteiger partial charge in [0, 0.05) is 42.0 Å². The Morgan fingerprint density at radius 1 is 1.15 bits per heavy atom. The highest BCUT2D eigenvalue weighted by molar-refractivity contribution is 6.07. The number of hydrogen-bond donors (Lipinski definition) is 2. The minimum atomic E-state index is -0.674. The van der Waals surface area contributed by atoms with Crippen LogP contribution < -0.4 is 10.6 Å². The lowest BCUT2D eigenvalue weighted by Gasteiger charge is -2.29. The first kappa shape index (κ1) is 20.5. The lowest BCUT2D eigenvalue weighted by atomic mass is 10.0. The lowest BCUT2D eigenvalue weighted by molar-refractivity contribution is -0.136. The van der Waals surface area contributed by atoms with Gasteiger partial charge in [-0.15, -0.1) is 0 Å². The average molecular weight is 459 g/mol. The van der Waals surface area contributed by atoms with Gasteiger partial charge in [0.15, 0.2) is 0 Å². The average Bonchev–Trinajstić information content (AvgIpc) is 3.33. The molecule has 2 saturated heterocycles. The standard InChI is InChI=1S/C24H21N5O5/c30-20-4-3-19(23(32)27-20)29-10-15-8-16(1-2-18(15)24(29)33)26-22(31)14-7-13-5-6-28(17-11-34-12-17)21(13)25-9-14/h1-2,5-9,17,19H,3-4,10-12H2,(H,26,31)(H,27,30,32). The highest BCUT2D eigenvalue weighted by Crippen LogP contribution is 2.30. The maximum atomic E-state index is 12.9. The van der Waals surface area contributed by atoms with Gasteiger partial charge in [0.05, 0.1) is 24.8 Å². The maximum Gasteiger partial charge on any atom is 0.257 e. The van der Waals surface area contributed by atoms with Crippen molar-refractivity contribution in [3.05, 3.63) is 59.4 Å². The smallest absolute Gasteiger partial charge is 0.257 e. The molecule has 3 aliphatic rings. The Morgan fingerprint density at radius 2 is 2.00 bits per heavy atom. The summed E-state index contributed by atoms with van der Waals surface area (Å²) in [5.74, 6) is -1.33. The number of rotatable bonds is 4. The molecule has 10 heteroatoms. The minimum absolute atomic E-state index is 0.202. The Labute approximate surface area is 193 Å². The van der Waals surface area contributed by atoms with E-state index in [0.29, 0.717) is 36.4 Å². The van der Waals surface area contributed by atoms with Crippen molar-refractivity contribution in [1.29, 1.82) is 0 Å². The van der Waals surface area contributed by atoms with Crippen molar-refractivity contribution in [2.75, 3.05) is 18.5 Å². The number of aromatic nitrogens is 2. The number of piperidine rings is 1. The monoisotopic (exact) mass is 459 g/mol. The van der Waals surface area contributed by atoms with E-state index in [-0.39, 0.29) is 36.7 Å². The van der Waals surface area contributed by atoms with E-state index in [0.717, 1.165) is 16.6 Å². The fourth-order valence-corrected chi connectivity index (χ4v) is 4.70. The topological polar surface area (TPSA) is 123 Å². The molecular weight excluding hydrogens is 438 g/mol. The van der Waals surface area contributed by atoms with Crippen LogP contribution in [0, 0.1) is 0 Å². The number of anilines is 1. The second-order valence-corrected chi connectivity index (χ2v) is 8.78. The number of carbonyl (C=O) groups is 4. The zero-order valence-electron chi connectivity index (χ0n) is 18.1. The fourth-order valence-electron chi connectivity index (χ4n) is 4.70. The molecule has 1 atom stereocenters. The molecule has 3 aromatic rings. The number of ether oxygens (including phenoxy) is 1. The molecule has 2 N–H and O–H groups in total. The number of benzene rings is 1. The number of fused-ring (bicyclic) bond motifs is 2. The van der Waals surface area contributed by atoms with Gasteiger partial charge in [-0.1, -0.05) is 0 Å². The van der Waals surface area contributed by atoms with Gasteiger partial charge in [-0.3, -0.25) is 24.5 Å². The van der Waals surface area contributed by atoms with Crippen molar-refractivity contribution >= 4 is 40.3 Å². The van der Waals surface area contributed by atoms with Gasteiger partial charge in [-0.2, -0.15) is 0 Å². The first-order valence-corrected chi connectivity index (χ1v) is 11.1. The van der Waals surface area contributed by atoms with Crippen LogP contribution in [0.4, 0.5) is 5.69 Å². The Balaban J connectivity index is 1.18. The van der Waals surface area contributed by atoms with Gasteiger partial charge in [0.2, 0.25) is 11.8 Å². The number of hydrogen-bond acceptors (Lipinski definition) is 6. The zero-order chi connectivity index (χ0) is 23.4. The summed E-state index contributed by atoms with van der Waals surface area (Å²) >= 11 is 0. The van der Waals surface area contributed by atoms with E-state index in [2.05, 4.69) is 20.2 Å². The van der Waals surface area contributed by atoms with E-state index >= 15 is 0 Å². The zero-order valence-corrected chi connectivity index (χ0v) is 18.1. The molecule has 0 spiro atoms. The van der Waals surface area contributed by atoms with Gasteiger partial charge in [0.25, 0.3) is 11.8 Å². The van der Waals surface area contributed by atoms with E-state index in [9.17, 15) is 19.2 Å². The Hall–Kier alpha value is -4.05. The maximum absolute atomic E-state index is 12.9. The molecule has 0 bridgehead atoms. The van der Waals surface area contributed by atoms with Crippen molar-refractivity contribution < 1.29 is 23.9 Å². The summed E-state index contributed by atoms with van der Waals surface area (Å²) < 4.78 is 7.32. The summed E-state index contributed by atoms with van der Waals surface area (Å²) in [6, 6.07) is 8.40. The number of carbonyl (C=O) groups excluding carboxylic acids is 4. The number of nitrogens with zero attached hydrogens (tertiary/aromatic N) is 3. The summed E-state index contributed by atoms with van der Waals surface area (Å²) in [5.41, 5.74) is 3.00. The molecule has 2 fully saturated rings. The van der Waals surface area contributed by atoms with E-state index in [1.165, 1.54) is 4.90 Å². The van der Waals surface area contributed by atoms with Gasteiger partial charge >= 0.3 is 0 Å². The van der Waals surface area contributed by atoms with Crippen molar-refractivity contribution in [3.63, 3.8) is 0 Å². The molecule has 0 radical (unpaired) electrons. The molecule has 10 nitrogen and oxygen atoms in total. The normalized spacial score (nSPS) is 20.3. The second kappa shape index (κ2) is 7.77. The van der Waals surface area contributed by atoms with E-state index in [1.54, 1.807) is 30.5 Å². The number of pyridine rings is 1. The van der Waals surface area contributed by atoms with Crippen LogP contribution in [0.25, 0.3) is 11.0 Å². The summed E-state index contributed by atoms with van der Waals surface area (Å²) in [5, 5.41) is 6.04. The third-order valence-corrected chi connectivity index (χ3v) is 6.61. The van der Waals surface area contributed by atoms with Gasteiger partial charge in [0.1, 0.15) is 11.7 Å². The van der Waals surface area contributed by atoms with Crippen molar-refractivity contribution in [2.24, 2.45) is 0 Å². The molecule has 172 valence electrons. The lowest BCUT2D eigenvalue weighted by Crippen LogP contribution is -2.52.